The number of aromatic nitrogens is 4. The van der Waals surface area contributed by atoms with Crippen molar-refractivity contribution < 1.29 is 25.8 Å². The Morgan fingerprint density at radius 2 is 1.25 bits per heavy atom. The van der Waals surface area contributed by atoms with E-state index in [-0.39, 0.29) is 21.1 Å². The van der Waals surface area contributed by atoms with Crippen molar-refractivity contribution in [2.45, 2.75) is 20.8 Å². The number of pyridine rings is 1. The van der Waals surface area contributed by atoms with E-state index in [4.69, 9.17) is 14.8 Å². The number of nitrogens with zero attached hydrogens (tertiary/aromatic N) is 4. The maximum atomic E-state index is 6.49. The maximum Gasteiger partial charge on any atom is 2.00 e. The molecule has 0 N–H and O–H groups in total. The zero-order valence-electron chi connectivity index (χ0n) is 29.4. The second-order valence-corrected chi connectivity index (χ2v) is 13.0. The van der Waals surface area contributed by atoms with Crippen molar-refractivity contribution in [3.63, 3.8) is 0 Å². The molecule has 0 aliphatic heterocycles. The van der Waals surface area contributed by atoms with Gasteiger partial charge in [0.1, 0.15) is 5.82 Å². The molecule has 0 atom stereocenters. The quantitative estimate of drug-likeness (QED) is 0.150. The first kappa shape index (κ1) is 34.1. The van der Waals surface area contributed by atoms with E-state index in [9.17, 15) is 0 Å². The van der Waals surface area contributed by atoms with Crippen molar-refractivity contribution in [3.05, 3.63) is 181 Å². The monoisotopic (exact) mass is 865 g/mol. The summed E-state index contributed by atoms with van der Waals surface area (Å²) >= 11 is 0. The summed E-state index contributed by atoms with van der Waals surface area (Å²) in [5.41, 5.74) is 12.8. The molecule has 0 bridgehead atoms. The van der Waals surface area contributed by atoms with Gasteiger partial charge in [-0.05, 0) is 77.9 Å². The van der Waals surface area contributed by atoms with Crippen LogP contribution in [0.25, 0.3) is 66.7 Å². The average molecular weight is 866 g/mol. The number of benzene rings is 6. The van der Waals surface area contributed by atoms with E-state index in [1.54, 1.807) is 0 Å². The molecule has 3 aromatic heterocycles. The summed E-state index contributed by atoms with van der Waals surface area (Å²) in [7, 11) is 0. The molecule has 0 aliphatic carbocycles. The normalized spacial score (nSPS) is 11.2. The first-order valence-corrected chi connectivity index (χ1v) is 17.4. The Morgan fingerprint density at radius 1 is 0.585 bits per heavy atom. The van der Waals surface area contributed by atoms with Gasteiger partial charge in [-0.2, -0.15) is 17.2 Å². The van der Waals surface area contributed by atoms with Crippen molar-refractivity contribution in [2.75, 3.05) is 0 Å². The molecule has 3 heterocycles. The molecule has 0 amide bonds. The van der Waals surface area contributed by atoms with Gasteiger partial charge in [-0.15, -0.1) is 35.7 Å². The van der Waals surface area contributed by atoms with Gasteiger partial charge >= 0.3 is 21.1 Å². The summed E-state index contributed by atoms with van der Waals surface area (Å²) in [6.07, 6.45) is 1.85. The Hall–Kier alpha value is -6.03. The molecule has 5 nitrogen and oxygen atoms in total. The largest absolute Gasteiger partial charge is 2.00 e. The third-order valence-electron chi connectivity index (χ3n) is 9.66. The average Bonchev–Trinajstić information content (AvgIpc) is 3.67. The van der Waals surface area contributed by atoms with Crippen LogP contribution in [-0.4, -0.2) is 19.3 Å². The summed E-state index contributed by atoms with van der Waals surface area (Å²) in [5, 5.41) is 7.33. The molecule has 9 rings (SSSR count). The van der Waals surface area contributed by atoms with Crippen LogP contribution in [0.5, 0.6) is 11.5 Å². The fraction of sp³-hybridized carbons (Fsp3) is 0.0638. The molecule has 9 aromatic rings. The molecule has 6 heteroatoms. The minimum absolute atomic E-state index is 0. The van der Waals surface area contributed by atoms with E-state index in [1.165, 1.54) is 0 Å². The van der Waals surface area contributed by atoms with E-state index in [0.29, 0.717) is 11.5 Å². The van der Waals surface area contributed by atoms with Crippen molar-refractivity contribution in [3.8, 4) is 56.4 Å². The van der Waals surface area contributed by atoms with Gasteiger partial charge in [-0.1, -0.05) is 103 Å². The van der Waals surface area contributed by atoms with Crippen molar-refractivity contribution in [1.29, 1.82) is 0 Å². The van der Waals surface area contributed by atoms with Gasteiger partial charge < -0.3 is 9.30 Å². The number of fused-ring (bicyclic) bond motifs is 3. The Bertz CT molecular complexity index is 2690. The van der Waals surface area contributed by atoms with Crippen LogP contribution in [0.3, 0.4) is 0 Å². The molecular weight excluding hydrogens is 832 g/mol. The second-order valence-electron chi connectivity index (χ2n) is 13.0. The molecular formula is C47H34N4OPt. The van der Waals surface area contributed by atoms with Crippen LogP contribution in [-0.2, 0) is 21.1 Å². The maximum absolute atomic E-state index is 6.49. The van der Waals surface area contributed by atoms with Gasteiger partial charge in [0.15, 0.2) is 0 Å². The third-order valence-corrected chi connectivity index (χ3v) is 9.66. The van der Waals surface area contributed by atoms with Crippen LogP contribution in [0.2, 0.25) is 0 Å². The van der Waals surface area contributed by atoms with Gasteiger partial charge in [-0.25, -0.2) is 4.98 Å². The van der Waals surface area contributed by atoms with Crippen LogP contribution in [0.1, 0.15) is 17.0 Å². The molecule has 258 valence electrons. The topological polar surface area (TPSA) is 44.9 Å². The molecule has 53 heavy (non-hydrogen) atoms. The molecule has 0 unspecified atom stereocenters. The zero-order chi connectivity index (χ0) is 35.2. The van der Waals surface area contributed by atoms with Crippen LogP contribution in [0.15, 0.2) is 152 Å². The molecule has 0 saturated heterocycles. The summed E-state index contributed by atoms with van der Waals surface area (Å²) in [6.45, 7) is 6.30. The first-order valence-electron chi connectivity index (χ1n) is 17.4. The SMILES string of the molecule is Cc1ccnc(-n2c3[c-]c(Oc4[c-]c(-n5nc(C)c(-c6c(-c7ccccc7)cccc6-c6ccccc6)c5C)ccc4)ccc3c3ccccc32)c1.[Pt+2]. The number of rotatable bonds is 7. The van der Waals surface area contributed by atoms with Gasteiger partial charge in [-0.3, -0.25) is 4.68 Å². The first-order chi connectivity index (χ1) is 25.5. The molecule has 6 aromatic carbocycles. The number of ether oxygens (including phenoxy) is 1. The number of hydrogen-bond acceptors (Lipinski definition) is 3. The zero-order valence-corrected chi connectivity index (χ0v) is 31.7. The summed E-state index contributed by atoms with van der Waals surface area (Å²) in [4.78, 5) is 4.71. The minimum atomic E-state index is 0. The smallest absolute Gasteiger partial charge is 0.509 e. The van der Waals surface area contributed by atoms with Gasteiger partial charge in [0, 0.05) is 40.0 Å². The third kappa shape index (κ3) is 6.17. The molecule has 0 saturated carbocycles. The minimum Gasteiger partial charge on any atom is -0.509 e. The van der Waals surface area contributed by atoms with Crippen LogP contribution in [0, 0.1) is 32.9 Å². The Morgan fingerprint density at radius 3 is 1.96 bits per heavy atom. The van der Waals surface area contributed by atoms with E-state index >= 15 is 0 Å². The fourth-order valence-electron chi connectivity index (χ4n) is 7.33. The summed E-state index contributed by atoms with van der Waals surface area (Å²) in [5.74, 6) is 2.02. The van der Waals surface area contributed by atoms with E-state index in [2.05, 4.69) is 153 Å². The summed E-state index contributed by atoms with van der Waals surface area (Å²) < 4.78 is 10.6. The van der Waals surface area contributed by atoms with Crippen molar-refractivity contribution in [1.82, 2.24) is 19.3 Å². The molecule has 0 fully saturated rings. The predicted molar refractivity (Wildman–Crippen MR) is 210 cm³/mol. The van der Waals surface area contributed by atoms with Crippen LogP contribution >= 0.6 is 0 Å². The van der Waals surface area contributed by atoms with Gasteiger partial charge in [0.2, 0.25) is 0 Å². The standard InChI is InChI=1S/C47H34N4O.Pt/c1-31-26-27-48-45(28-31)50-43-23-11-10-20-41(43)42-25-24-38(30-44(42)50)52-37-19-12-18-36(29-37)51-33(3)46(32(2)49-51)47-39(34-14-6-4-7-15-34)21-13-22-40(47)35-16-8-5-9-17-35;/h4-28H,1-3H3;/q-2;+2. The Kier molecular flexibility index (Phi) is 9.12. The number of aryl methyl sites for hydroxylation is 2. The Balaban J connectivity index is 0.00000400. The van der Waals surface area contributed by atoms with Crippen molar-refractivity contribution in [2.24, 2.45) is 0 Å². The summed E-state index contributed by atoms with van der Waals surface area (Å²) in [6, 6.07) is 57.2. The number of hydrogen-bond donors (Lipinski definition) is 0. The van der Waals surface area contributed by atoms with Crippen molar-refractivity contribution >= 4 is 21.8 Å². The predicted octanol–water partition coefficient (Wildman–Crippen LogP) is 11.7. The van der Waals surface area contributed by atoms with Gasteiger partial charge in [0.05, 0.1) is 5.69 Å². The molecule has 0 aliphatic rings. The number of para-hydroxylation sites is 1. The second kappa shape index (κ2) is 14.2. The van der Waals surface area contributed by atoms with E-state index in [0.717, 1.165) is 83.6 Å². The van der Waals surface area contributed by atoms with E-state index < -0.39 is 0 Å². The van der Waals surface area contributed by atoms with Gasteiger partial charge in [0.25, 0.3) is 0 Å². The molecule has 0 radical (unpaired) electrons. The molecule has 0 spiro atoms. The van der Waals surface area contributed by atoms with Crippen LogP contribution in [0.4, 0.5) is 0 Å². The van der Waals surface area contributed by atoms with E-state index in [1.807, 2.05) is 41.2 Å². The Labute approximate surface area is 323 Å². The fourth-order valence-corrected chi connectivity index (χ4v) is 7.33. The van der Waals surface area contributed by atoms with Crippen LogP contribution < -0.4 is 4.74 Å².